The predicted octanol–water partition coefficient (Wildman–Crippen LogP) is 1.59. The summed E-state index contributed by atoms with van der Waals surface area (Å²) in [5.41, 5.74) is 6.74. The van der Waals surface area contributed by atoms with Gasteiger partial charge in [0.05, 0.1) is 0 Å². The summed E-state index contributed by atoms with van der Waals surface area (Å²) in [6, 6.07) is 10.4. The molecule has 0 radical (unpaired) electrons. The van der Waals surface area contributed by atoms with Crippen LogP contribution in [0.5, 0.6) is 0 Å². The van der Waals surface area contributed by atoms with Crippen molar-refractivity contribution < 1.29 is 9.53 Å². The van der Waals surface area contributed by atoms with Gasteiger partial charge >= 0.3 is 0 Å². The number of nitrogens with one attached hydrogen (secondary N) is 1. The largest absolute Gasteiger partial charge is 0.381 e. The molecule has 110 valence electrons. The van der Waals surface area contributed by atoms with Gasteiger partial charge < -0.3 is 15.8 Å². The molecular weight excluding hydrogens is 252 g/mol. The van der Waals surface area contributed by atoms with Gasteiger partial charge in [-0.25, -0.2) is 0 Å². The molecule has 1 heterocycles. The first kappa shape index (κ1) is 15.0. The Labute approximate surface area is 120 Å². The minimum absolute atomic E-state index is 0.0118. The maximum atomic E-state index is 11.8. The van der Waals surface area contributed by atoms with Gasteiger partial charge in [-0.15, -0.1) is 0 Å². The minimum Gasteiger partial charge on any atom is -0.381 e. The summed E-state index contributed by atoms with van der Waals surface area (Å²) >= 11 is 0. The van der Waals surface area contributed by atoms with Gasteiger partial charge in [0.2, 0.25) is 5.91 Å². The molecule has 1 saturated heterocycles. The van der Waals surface area contributed by atoms with E-state index in [-0.39, 0.29) is 11.3 Å². The zero-order chi connectivity index (χ0) is 14.3. The summed E-state index contributed by atoms with van der Waals surface area (Å²) in [6.45, 7) is 2.76. The van der Waals surface area contributed by atoms with Gasteiger partial charge in [-0.1, -0.05) is 30.3 Å². The van der Waals surface area contributed by atoms with Crippen LogP contribution >= 0.6 is 0 Å². The van der Waals surface area contributed by atoms with E-state index in [1.165, 1.54) is 5.56 Å². The van der Waals surface area contributed by atoms with E-state index in [1.807, 2.05) is 6.07 Å². The number of rotatable bonds is 6. The lowest BCUT2D eigenvalue weighted by Crippen LogP contribution is -2.44. The Bertz CT molecular complexity index is 414. The molecule has 0 aromatic heterocycles. The first-order chi connectivity index (χ1) is 9.77. The van der Waals surface area contributed by atoms with E-state index >= 15 is 0 Å². The highest BCUT2D eigenvalue weighted by atomic mass is 16.5. The lowest BCUT2D eigenvalue weighted by atomic mass is 9.74. The van der Waals surface area contributed by atoms with E-state index in [9.17, 15) is 4.79 Å². The van der Waals surface area contributed by atoms with Crippen LogP contribution < -0.4 is 11.1 Å². The van der Waals surface area contributed by atoms with E-state index in [2.05, 4.69) is 29.6 Å². The fourth-order valence-electron chi connectivity index (χ4n) is 2.74. The molecule has 2 rings (SSSR count). The molecule has 1 aromatic rings. The van der Waals surface area contributed by atoms with Gasteiger partial charge in [-0.3, -0.25) is 4.79 Å². The van der Waals surface area contributed by atoms with E-state index in [1.54, 1.807) is 0 Å². The number of nitrogens with two attached hydrogens (primary N) is 1. The van der Waals surface area contributed by atoms with Gasteiger partial charge in [0.25, 0.3) is 0 Å². The van der Waals surface area contributed by atoms with Crippen molar-refractivity contribution in [3.63, 3.8) is 0 Å². The molecule has 1 amide bonds. The molecule has 1 aromatic carbocycles. The van der Waals surface area contributed by atoms with Gasteiger partial charge in [-0.2, -0.15) is 0 Å². The molecule has 0 atom stereocenters. The third kappa shape index (κ3) is 3.81. The Morgan fingerprint density at radius 3 is 2.60 bits per heavy atom. The number of hydrogen-bond acceptors (Lipinski definition) is 3. The van der Waals surface area contributed by atoms with Crippen molar-refractivity contribution in [1.82, 2.24) is 5.32 Å². The number of ether oxygens (including phenoxy) is 1. The Morgan fingerprint density at radius 1 is 1.25 bits per heavy atom. The summed E-state index contributed by atoms with van der Waals surface area (Å²) in [6.07, 6.45) is 3.16. The molecule has 20 heavy (non-hydrogen) atoms. The fraction of sp³-hybridized carbons (Fsp3) is 0.562. The zero-order valence-electron chi connectivity index (χ0n) is 11.9. The van der Waals surface area contributed by atoms with Crippen LogP contribution in [0.2, 0.25) is 0 Å². The van der Waals surface area contributed by atoms with Crippen LogP contribution in [0, 0.1) is 0 Å². The Balaban J connectivity index is 2.02. The van der Waals surface area contributed by atoms with Crippen LogP contribution in [0.3, 0.4) is 0 Å². The number of benzene rings is 1. The van der Waals surface area contributed by atoms with Crippen molar-refractivity contribution in [2.75, 3.05) is 26.3 Å². The summed E-state index contributed by atoms with van der Waals surface area (Å²) < 4.78 is 5.49. The van der Waals surface area contributed by atoms with Crippen LogP contribution in [-0.2, 0) is 14.9 Å². The lowest BCUT2D eigenvalue weighted by molar-refractivity contribution is -0.121. The molecule has 0 spiro atoms. The number of carbonyl (C=O) groups is 1. The van der Waals surface area contributed by atoms with Crippen molar-refractivity contribution in [3.8, 4) is 0 Å². The first-order valence-corrected chi connectivity index (χ1v) is 7.37. The Kier molecular flexibility index (Phi) is 5.56. The molecule has 0 bridgehead atoms. The third-order valence-corrected chi connectivity index (χ3v) is 4.07. The first-order valence-electron chi connectivity index (χ1n) is 7.37. The van der Waals surface area contributed by atoms with E-state index in [0.717, 1.165) is 32.5 Å². The monoisotopic (exact) mass is 276 g/mol. The van der Waals surface area contributed by atoms with Crippen molar-refractivity contribution in [2.24, 2.45) is 5.73 Å². The van der Waals surface area contributed by atoms with Crippen LogP contribution in [0.1, 0.15) is 31.2 Å². The van der Waals surface area contributed by atoms with Gasteiger partial charge in [0, 0.05) is 31.6 Å². The molecule has 0 unspecified atom stereocenters. The Hall–Kier alpha value is -1.39. The highest BCUT2D eigenvalue weighted by Crippen LogP contribution is 2.34. The number of carbonyl (C=O) groups excluding carboxylic acids is 1. The Morgan fingerprint density at radius 2 is 1.95 bits per heavy atom. The van der Waals surface area contributed by atoms with E-state index < -0.39 is 0 Å². The third-order valence-electron chi connectivity index (χ3n) is 4.07. The SMILES string of the molecule is NCCCC(=O)NCC1(c2ccccc2)CCOCC1. The molecule has 1 aliphatic heterocycles. The number of hydrogen-bond donors (Lipinski definition) is 2. The molecule has 0 aliphatic carbocycles. The maximum Gasteiger partial charge on any atom is 0.220 e. The molecule has 3 N–H and O–H groups in total. The summed E-state index contributed by atoms with van der Waals surface area (Å²) in [5.74, 6) is 0.0947. The smallest absolute Gasteiger partial charge is 0.220 e. The van der Waals surface area contributed by atoms with Crippen LogP contribution in [0.15, 0.2) is 30.3 Å². The second-order valence-electron chi connectivity index (χ2n) is 5.43. The van der Waals surface area contributed by atoms with Crippen molar-refractivity contribution in [2.45, 2.75) is 31.1 Å². The molecular formula is C16H24N2O2. The lowest BCUT2D eigenvalue weighted by Gasteiger charge is -2.38. The van der Waals surface area contributed by atoms with Crippen molar-refractivity contribution >= 4 is 5.91 Å². The average Bonchev–Trinajstić information content (AvgIpc) is 2.52. The summed E-state index contributed by atoms with van der Waals surface area (Å²) in [5, 5.41) is 3.08. The molecule has 0 saturated carbocycles. The average molecular weight is 276 g/mol. The van der Waals surface area contributed by atoms with Gasteiger partial charge in [0.15, 0.2) is 0 Å². The fourth-order valence-corrected chi connectivity index (χ4v) is 2.74. The zero-order valence-corrected chi connectivity index (χ0v) is 11.9. The molecule has 4 nitrogen and oxygen atoms in total. The standard InChI is InChI=1S/C16H24N2O2/c17-10-4-7-15(19)18-13-16(8-11-20-12-9-16)14-5-2-1-3-6-14/h1-3,5-6H,4,7-13,17H2,(H,18,19). The molecule has 1 aliphatic rings. The van der Waals surface area contributed by atoms with Crippen LogP contribution in [0.25, 0.3) is 0 Å². The highest BCUT2D eigenvalue weighted by molar-refractivity contribution is 5.76. The minimum atomic E-state index is 0.0118. The van der Waals surface area contributed by atoms with E-state index in [4.69, 9.17) is 10.5 Å². The van der Waals surface area contributed by atoms with Gasteiger partial charge in [-0.05, 0) is 31.4 Å². The quantitative estimate of drug-likeness (QED) is 0.829. The van der Waals surface area contributed by atoms with Crippen LogP contribution in [-0.4, -0.2) is 32.2 Å². The number of amides is 1. The predicted molar refractivity (Wildman–Crippen MR) is 79.5 cm³/mol. The van der Waals surface area contributed by atoms with Crippen LogP contribution in [0.4, 0.5) is 0 Å². The van der Waals surface area contributed by atoms with Crippen molar-refractivity contribution in [3.05, 3.63) is 35.9 Å². The maximum absolute atomic E-state index is 11.8. The highest BCUT2D eigenvalue weighted by Gasteiger charge is 2.34. The second-order valence-corrected chi connectivity index (χ2v) is 5.43. The summed E-state index contributed by atoms with van der Waals surface area (Å²) in [7, 11) is 0. The normalized spacial score (nSPS) is 17.6. The summed E-state index contributed by atoms with van der Waals surface area (Å²) in [4.78, 5) is 11.8. The topological polar surface area (TPSA) is 64.4 Å². The molecule has 4 heteroatoms. The van der Waals surface area contributed by atoms with E-state index in [0.29, 0.717) is 19.5 Å². The van der Waals surface area contributed by atoms with Gasteiger partial charge in [0.1, 0.15) is 0 Å². The second kappa shape index (κ2) is 7.41. The van der Waals surface area contributed by atoms with Crippen molar-refractivity contribution in [1.29, 1.82) is 0 Å². The molecule has 1 fully saturated rings.